The molecular formula is C28H26N2O4. The molecule has 0 saturated carbocycles. The number of hydrogen-bond donors (Lipinski definition) is 1. The van der Waals surface area contributed by atoms with E-state index in [4.69, 9.17) is 9.47 Å². The zero-order chi connectivity index (χ0) is 24.0. The Morgan fingerprint density at radius 2 is 1.65 bits per heavy atom. The smallest absolute Gasteiger partial charge is 0.278 e. The average Bonchev–Trinajstić information content (AvgIpc) is 3.36. The van der Waals surface area contributed by atoms with Crippen LogP contribution < -0.4 is 14.8 Å². The lowest BCUT2D eigenvalue weighted by Gasteiger charge is -2.16. The summed E-state index contributed by atoms with van der Waals surface area (Å²) in [6.45, 7) is 8.30. The Kier molecular flexibility index (Phi) is 5.36. The van der Waals surface area contributed by atoms with E-state index in [0.717, 1.165) is 39.1 Å². The van der Waals surface area contributed by atoms with Gasteiger partial charge in [-0.05, 0) is 73.7 Å². The molecule has 2 aliphatic heterocycles. The van der Waals surface area contributed by atoms with Crippen LogP contribution in [0.3, 0.4) is 0 Å². The summed E-state index contributed by atoms with van der Waals surface area (Å²) < 4.78 is 10.8. The minimum atomic E-state index is -0.349. The van der Waals surface area contributed by atoms with E-state index in [2.05, 4.69) is 5.32 Å². The lowest BCUT2D eigenvalue weighted by Crippen LogP contribution is -2.32. The molecular weight excluding hydrogens is 428 g/mol. The number of carbonyl (C=O) groups is 2. The predicted octanol–water partition coefficient (Wildman–Crippen LogP) is 5.04. The van der Waals surface area contributed by atoms with Crippen LogP contribution in [0.25, 0.3) is 5.57 Å². The number of carbonyl (C=O) groups excluding carboxylic acids is 2. The summed E-state index contributed by atoms with van der Waals surface area (Å²) in [6.07, 6.45) is 0. The quantitative estimate of drug-likeness (QED) is 0.547. The van der Waals surface area contributed by atoms with Crippen LogP contribution in [0.4, 0.5) is 5.69 Å². The zero-order valence-electron chi connectivity index (χ0n) is 19.7. The van der Waals surface area contributed by atoms with Crippen LogP contribution >= 0.6 is 0 Å². The normalized spacial score (nSPS) is 14.9. The largest absolute Gasteiger partial charge is 0.454 e. The van der Waals surface area contributed by atoms with Gasteiger partial charge in [-0.3, -0.25) is 14.5 Å². The molecule has 0 radical (unpaired) electrons. The number of aryl methyl sites for hydroxylation is 3. The molecule has 6 nitrogen and oxygen atoms in total. The molecule has 2 amide bonds. The van der Waals surface area contributed by atoms with Gasteiger partial charge in [-0.15, -0.1) is 0 Å². The first kappa shape index (κ1) is 21.8. The molecule has 0 fully saturated rings. The van der Waals surface area contributed by atoms with E-state index >= 15 is 0 Å². The summed E-state index contributed by atoms with van der Waals surface area (Å²) in [4.78, 5) is 28.6. The number of imide groups is 1. The second-order valence-corrected chi connectivity index (χ2v) is 8.82. The second kappa shape index (κ2) is 8.37. The van der Waals surface area contributed by atoms with Gasteiger partial charge in [0.05, 0.1) is 12.1 Å². The number of amides is 2. The van der Waals surface area contributed by atoms with Crippen LogP contribution in [0.1, 0.15) is 33.4 Å². The molecule has 2 heterocycles. The number of anilines is 1. The van der Waals surface area contributed by atoms with Crippen LogP contribution in [-0.4, -0.2) is 23.5 Å². The van der Waals surface area contributed by atoms with Gasteiger partial charge in [0.15, 0.2) is 11.5 Å². The molecule has 0 unspecified atom stereocenters. The van der Waals surface area contributed by atoms with E-state index < -0.39 is 0 Å². The minimum Gasteiger partial charge on any atom is -0.454 e. The van der Waals surface area contributed by atoms with Crippen molar-refractivity contribution < 1.29 is 19.1 Å². The first-order valence-corrected chi connectivity index (χ1v) is 11.2. The summed E-state index contributed by atoms with van der Waals surface area (Å²) in [5.41, 5.74) is 7.22. The van der Waals surface area contributed by atoms with Gasteiger partial charge < -0.3 is 14.8 Å². The Hall–Kier alpha value is -4.06. The van der Waals surface area contributed by atoms with Crippen molar-refractivity contribution in [3.8, 4) is 11.5 Å². The summed E-state index contributed by atoms with van der Waals surface area (Å²) in [5.74, 6) is 0.614. The van der Waals surface area contributed by atoms with Crippen molar-refractivity contribution >= 4 is 23.1 Å². The maximum atomic E-state index is 13.7. The molecule has 2 aliphatic rings. The molecule has 0 spiro atoms. The third-order valence-electron chi connectivity index (χ3n) is 6.46. The molecule has 5 rings (SSSR count). The van der Waals surface area contributed by atoms with E-state index in [1.54, 1.807) is 6.07 Å². The topological polar surface area (TPSA) is 67.9 Å². The van der Waals surface area contributed by atoms with E-state index in [9.17, 15) is 9.59 Å². The van der Waals surface area contributed by atoms with Crippen molar-refractivity contribution in [1.29, 1.82) is 0 Å². The van der Waals surface area contributed by atoms with Crippen molar-refractivity contribution in [2.45, 2.75) is 34.2 Å². The Bertz CT molecular complexity index is 1370. The Labute approximate surface area is 198 Å². The highest BCUT2D eigenvalue weighted by molar-refractivity contribution is 6.36. The van der Waals surface area contributed by atoms with Gasteiger partial charge in [-0.25, -0.2) is 0 Å². The molecule has 3 aromatic rings. The number of hydrogen-bond acceptors (Lipinski definition) is 5. The number of benzene rings is 3. The van der Waals surface area contributed by atoms with E-state index in [1.165, 1.54) is 4.90 Å². The number of rotatable bonds is 5. The van der Waals surface area contributed by atoms with Crippen LogP contribution in [0.15, 0.2) is 60.3 Å². The van der Waals surface area contributed by atoms with E-state index in [-0.39, 0.29) is 25.2 Å². The Morgan fingerprint density at radius 3 is 2.44 bits per heavy atom. The van der Waals surface area contributed by atoms with Gasteiger partial charge >= 0.3 is 0 Å². The molecule has 1 N–H and O–H groups in total. The number of fused-ring (bicyclic) bond motifs is 1. The van der Waals surface area contributed by atoms with Crippen molar-refractivity contribution in [3.05, 3.63) is 93.7 Å². The molecule has 0 aliphatic carbocycles. The third-order valence-corrected chi connectivity index (χ3v) is 6.46. The number of nitrogens with zero attached hydrogens (tertiary/aromatic N) is 1. The fraction of sp³-hybridized carbons (Fsp3) is 0.214. The lowest BCUT2D eigenvalue weighted by molar-refractivity contribution is -0.137. The van der Waals surface area contributed by atoms with Crippen molar-refractivity contribution in [2.24, 2.45) is 0 Å². The van der Waals surface area contributed by atoms with Crippen LogP contribution in [0, 0.1) is 27.7 Å². The van der Waals surface area contributed by atoms with Gasteiger partial charge in [0.2, 0.25) is 6.79 Å². The fourth-order valence-electron chi connectivity index (χ4n) is 4.42. The maximum absolute atomic E-state index is 13.7. The molecule has 3 aromatic carbocycles. The standard InChI is InChI=1S/C28H26N2O4/c1-16-8-10-21(18(3)12-16)25-26(29-22-7-5-6-17(2)19(22)4)28(32)30(27(25)31)14-20-9-11-23-24(13-20)34-15-33-23/h5-13,29H,14-15H2,1-4H3. The van der Waals surface area contributed by atoms with Crippen molar-refractivity contribution in [2.75, 3.05) is 12.1 Å². The van der Waals surface area contributed by atoms with Crippen LogP contribution in [-0.2, 0) is 16.1 Å². The molecule has 34 heavy (non-hydrogen) atoms. The van der Waals surface area contributed by atoms with Gasteiger partial charge in [-0.2, -0.15) is 0 Å². The van der Waals surface area contributed by atoms with Gasteiger partial charge in [-0.1, -0.05) is 42.0 Å². The molecule has 0 saturated heterocycles. The fourth-order valence-corrected chi connectivity index (χ4v) is 4.42. The molecule has 6 heteroatoms. The first-order chi connectivity index (χ1) is 16.3. The van der Waals surface area contributed by atoms with Crippen LogP contribution in [0.5, 0.6) is 11.5 Å². The maximum Gasteiger partial charge on any atom is 0.278 e. The number of nitrogens with one attached hydrogen (secondary N) is 1. The second-order valence-electron chi connectivity index (χ2n) is 8.82. The summed E-state index contributed by atoms with van der Waals surface area (Å²) in [7, 11) is 0. The minimum absolute atomic E-state index is 0.140. The molecule has 172 valence electrons. The number of ether oxygens (including phenoxy) is 2. The predicted molar refractivity (Wildman–Crippen MR) is 130 cm³/mol. The first-order valence-electron chi connectivity index (χ1n) is 11.2. The Morgan fingerprint density at radius 1 is 0.853 bits per heavy atom. The monoisotopic (exact) mass is 454 g/mol. The van der Waals surface area contributed by atoms with Crippen LogP contribution in [0.2, 0.25) is 0 Å². The van der Waals surface area contributed by atoms with Gasteiger partial charge in [0, 0.05) is 5.69 Å². The molecule has 0 atom stereocenters. The lowest BCUT2D eigenvalue weighted by atomic mass is 9.97. The molecule has 0 aromatic heterocycles. The summed E-state index contributed by atoms with van der Waals surface area (Å²) >= 11 is 0. The highest BCUT2D eigenvalue weighted by Gasteiger charge is 2.40. The van der Waals surface area contributed by atoms with E-state index in [0.29, 0.717) is 22.8 Å². The Balaban J connectivity index is 1.56. The highest BCUT2D eigenvalue weighted by Crippen LogP contribution is 2.36. The van der Waals surface area contributed by atoms with Crippen molar-refractivity contribution in [1.82, 2.24) is 4.90 Å². The van der Waals surface area contributed by atoms with Gasteiger partial charge in [0.1, 0.15) is 5.70 Å². The average molecular weight is 455 g/mol. The summed E-state index contributed by atoms with van der Waals surface area (Å²) in [5, 5.41) is 3.30. The highest BCUT2D eigenvalue weighted by atomic mass is 16.7. The third kappa shape index (κ3) is 3.71. The van der Waals surface area contributed by atoms with Crippen molar-refractivity contribution in [3.63, 3.8) is 0 Å². The van der Waals surface area contributed by atoms with Gasteiger partial charge in [0.25, 0.3) is 11.8 Å². The van der Waals surface area contributed by atoms with E-state index in [1.807, 2.05) is 76.2 Å². The molecule has 0 bridgehead atoms. The zero-order valence-corrected chi connectivity index (χ0v) is 19.7. The SMILES string of the molecule is Cc1ccc(C2=C(Nc3cccc(C)c3C)C(=O)N(Cc3ccc4c(c3)OCO4)C2=O)c(C)c1. The summed E-state index contributed by atoms with van der Waals surface area (Å²) in [6, 6.07) is 17.3.